The van der Waals surface area contributed by atoms with Crippen LogP contribution in [0.4, 0.5) is 16.5 Å². The number of carboxylic acid groups (broad SMARTS) is 1. The van der Waals surface area contributed by atoms with Gasteiger partial charge in [-0.2, -0.15) is 4.98 Å². The van der Waals surface area contributed by atoms with Gasteiger partial charge in [0.15, 0.2) is 5.69 Å². The quantitative estimate of drug-likeness (QED) is 0.778. The molecular formula is C11H7BrClN3O4. The summed E-state index contributed by atoms with van der Waals surface area (Å²) in [6.45, 7) is 0. The van der Waals surface area contributed by atoms with Crippen LogP contribution in [-0.2, 0) is 0 Å². The van der Waals surface area contributed by atoms with Gasteiger partial charge < -0.3 is 14.8 Å². The average Bonchev–Trinajstić information content (AvgIpc) is 2.81. The average molecular weight is 361 g/mol. The van der Waals surface area contributed by atoms with Crippen LogP contribution in [0.25, 0.3) is 0 Å². The van der Waals surface area contributed by atoms with Crippen molar-refractivity contribution in [3.8, 4) is 0 Å². The van der Waals surface area contributed by atoms with Gasteiger partial charge in [0.05, 0.1) is 10.7 Å². The Balaban J connectivity index is 2.13. The Morgan fingerprint density at radius 1 is 1.35 bits per heavy atom. The molecule has 7 nitrogen and oxygen atoms in total. The molecular weight excluding hydrogens is 353 g/mol. The molecule has 1 aromatic heterocycles. The van der Waals surface area contributed by atoms with E-state index >= 15 is 0 Å². The number of rotatable bonds is 3. The second-order valence-corrected chi connectivity index (χ2v) is 4.87. The summed E-state index contributed by atoms with van der Waals surface area (Å²) in [6.07, 6.45) is -0.305. The van der Waals surface area contributed by atoms with E-state index in [1.54, 1.807) is 18.2 Å². The van der Waals surface area contributed by atoms with Gasteiger partial charge in [0, 0.05) is 4.47 Å². The molecule has 0 spiro atoms. The largest absolute Gasteiger partial charge is 0.465 e. The van der Waals surface area contributed by atoms with Gasteiger partial charge in [-0.05, 0) is 18.2 Å². The zero-order valence-corrected chi connectivity index (χ0v) is 12.0. The van der Waals surface area contributed by atoms with E-state index in [0.717, 1.165) is 10.7 Å². The van der Waals surface area contributed by atoms with Gasteiger partial charge in [-0.1, -0.05) is 27.5 Å². The summed E-state index contributed by atoms with van der Waals surface area (Å²) in [5.41, 5.74) is 0.312. The van der Waals surface area contributed by atoms with Crippen LogP contribution < -0.4 is 10.6 Å². The minimum Gasteiger partial charge on any atom is -0.465 e. The molecule has 0 fully saturated rings. The van der Waals surface area contributed by atoms with Crippen molar-refractivity contribution in [2.24, 2.45) is 0 Å². The Labute approximate surface area is 126 Å². The van der Waals surface area contributed by atoms with Gasteiger partial charge in [0.25, 0.3) is 5.91 Å². The zero-order chi connectivity index (χ0) is 14.7. The highest BCUT2D eigenvalue weighted by molar-refractivity contribution is 9.10. The maximum atomic E-state index is 11.9. The van der Waals surface area contributed by atoms with E-state index in [4.69, 9.17) is 21.1 Å². The van der Waals surface area contributed by atoms with Gasteiger partial charge in [-0.25, -0.2) is 10.1 Å². The van der Waals surface area contributed by atoms with E-state index in [-0.39, 0.29) is 11.7 Å². The Hall–Kier alpha value is -2.06. The lowest BCUT2D eigenvalue weighted by Gasteiger charge is -2.05. The van der Waals surface area contributed by atoms with Crippen LogP contribution >= 0.6 is 27.5 Å². The van der Waals surface area contributed by atoms with Crippen molar-refractivity contribution in [2.45, 2.75) is 0 Å². The minimum absolute atomic E-state index is 0.0789. The molecule has 2 rings (SSSR count). The summed E-state index contributed by atoms with van der Waals surface area (Å²) >= 11 is 9.19. The SMILES string of the molecule is O=C(O)Nc1nc(C(=O)Nc2cc(Br)ccc2Cl)co1. The topological polar surface area (TPSA) is 104 Å². The fourth-order valence-electron chi connectivity index (χ4n) is 1.31. The minimum atomic E-state index is -1.34. The van der Waals surface area contributed by atoms with Crippen molar-refractivity contribution in [2.75, 3.05) is 10.6 Å². The van der Waals surface area contributed by atoms with Crippen LogP contribution in [0.15, 0.2) is 33.4 Å². The Morgan fingerprint density at radius 2 is 2.10 bits per heavy atom. The Morgan fingerprint density at radius 3 is 2.80 bits per heavy atom. The number of nitrogens with one attached hydrogen (secondary N) is 2. The molecule has 1 aromatic carbocycles. The smallest absolute Gasteiger partial charge is 0.412 e. The third-order valence-corrected chi connectivity index (χ3v) is 2.95. The predicted octanol–water partition coefficient (Wildman–Crippen LogP) is 3.43. The monoisotopic (exact) mass is 359 g/mol. The number of oxazole rings is 1. The number of hydrogen-bond acceptors (Lipinski definition) is 4. The lowest BCUT2D eigenvalue weighted by molar-refractivity contribution is 0.102. The first-order valence-corrected chi connectivity index (χ1v) is 6.34. The number of hydrogen-bond donors (Lipinski definition) is 3. The maximum Gasteiger partial charge on any atom is 0.412 e. The Bertz CT molecular complexity index is 673. The van der Waals surface area contributed by atoms with E-state index in [2.05, 4.69) is 26.2 Å². The third kappa shape index (κ3) is 3.49. The maximum absolute atomic E-state index is 11.9. The number of nitrogens with zero attached hydrogens (tertiary/aromatic N) is 1. The second kappa shape index (κ2) is 5.93. The highest BCUT2D eigenvalue weighted by Crippen LogP contribution is 2.26. The molecule has 3 N–H and O–H groups in total. The fourth-order valence-corrected chi connectivity index (χ4v) is 1.83. The van der Waals surface area contributed by atoms with Crippen LogP contribution in [0.3, 0.4) is 0 Å². The molecule has 0 saturated carbocycles. The Kier molecular flexibility index (Phi) is 4.26. The molecule has 20 heavy (non-hydrogen) atoms. The van der Waals surface area contributed by atoms with Crippen molar-refractivity contribution in [3.05, 3.63) is 39.7 Å². The molecule has 1 heterocycles. The normalized spacial score (nSPS) is 10.1. The van der Waals surface area contributed by atoms with E-state index in [1.807, 2.05) is 5.32 Å². The van der Waals surface area contributed by atoms with Crippen molar-refractivity contribution >= 4 is 51.2 Å². The first kappa shape index (κ1) is 14.4. The van der Waals surface area contributed by atoms with Crippen LogP contribution in [-0.4, -0.2) is 22.1 Å². The summed E-state index contributed by atoms with van der Waals surface area (Å²) in [6, 6.07) is 4.67. The number of benzene rings is 1. The molecule has 0 unspecified atom stereocenters. The summed E-state index contributed by atoms with van der Waals surface area (Å²) in [7, 11) is 0. The van der Waals surface area contributed by atoms with Crippen molar-refractivity contribution < 1.29 is 19.1 Å². The van der Waals surface area contributed by atoms with Crippen LogP contribution in [0, 0.1) is 0 Å². The van der Waals surface area contributed by atoms with Gasteiger partial charge in [0.2, 0.25) is 0 Å². The third-order valence-electron chi connectivity index (χ3n) is 2.13. The number of halogens is 2. The zero-order valence-electron chi connectivity index (χ0n) is 9.68. The first-order chi connectivity index (χ1) is 9.45. The fraction of sp³-hybridized carbons (Fsp3) is 0. The highest BCUT2D eigenvalue weighted by Gasteiger charge is 2.15. The molecule has 2 aromatic rings. The molecule has 0 aliphatic heterocycles. The molecule has 9 heteroatoms. The van der Waals surface area contributed by atoms with Crippen LogP contribution in [0.2, 0.25) is 5.02 Å². The predicted molar refractivity (Wildman–Crippen MR) is 75.3 cm³/mol. The summed E-state index contributed by atoms with van der Waals surface area (Å²) in [4.78, 5) is 26.0. The van der Waals surface area contributed by atoms with Gasteiger partial charge in [-0.15, -0.1) is 0 Å². The lowest BCUT2D eigenvalue weighted by Crippen LogP contribution is -2.13. The number of aromatic nitrogens is 1. The molecule has 0 aliphatic carbocycles. The standard InChI is InChI=1S/C11H7BrClN3O4/c12-5-1-2-6(13)7(3-5)14-9(17)8-4-20-10(15-8)16-11(18)19/h1-4H,(H,14,17)(H,15,16)(H,18,19). The van der Waals surface area contributed by atoms with Crippen molar-refractivity contribution in [1.82, 2.24) is 4.98 Å². The molecule has 2 amide bonds. The van der Waals surface area contributed by atoms with E-state index in [1.165, 1.54) is 0 Å². The number of amides is 2. The second-order valence-electron chi connectivity index (χ2n) is 3.55. The molecule has 0 radical (unpaired) electrons. The number of anilines is 2. The van der Waals surface area contributed by atoms with Crippen LogP contribution in [0.5, 0.6) is 0 Å². The summed E-state index contributed by atoms with van der Waals surface area (Å²) in [5.74, 6) is -0.577. The van der Waals surface area contributed by atoms with Crippen molar-refractivity contribution in [1.29, 1.82) is 0 Å². The van der Waals surface area contributed by atoms with E-state index in [9.17, 15) is 9.59 Å². The van der Waals surface area contributed by atoms with Gasteiger partial charge >= 0.3 is 12.1 Å². The molecule has 104 valence electrons. The molecule has 0 atom stereocenters. The summed E-state index contributed by atoms with van der Waals surface area (Å²) < 4.78 is 5.52. The van der Waals surface area contributed by atoms with Gasteiger partial charge in [0.1, 0.15) is 6.26 Å². The molecule has 0 aliphatic rings. The highest BCUT2D eigenvalue weighted by atomic mass is 79.9. The van der Waals surface area contributed by atoms with Gasteiger partial charge in [-0.3, -0.25) is 4.79 Å². The van der Waals surface area contributed by atoms with E-state index < -0.39 is 12.0 Å². The first-order valence-electron chi connectivity index (χ1n) is 5.17. The molecule has 0 saturated heterocycles. The number of carbonyl (C=O) groups is 2. The summed E-state index contributed by atoms with van der Waals surface area (Å²) in [5, 5.41) is 13.3. The lowest BCUT2D eigenvalue weighted by atomic mass is 10.3. The number of carbonyl (C=O) groups excluding carboxylic acids is 1. The van der Waals surface area contributed by atoms with E-state index in [0.29, 0.717) is 10.7 Å². The van der Waals surface area contributed by atoms with Crippen molar-refractivity contribution in [3.63, 3.8) is 0 Å². The van der Waals surface area contributed by atoms with Crippen LogP contribution in [0.1, 0.15) is 10.5 Å². The molecule has 0 bridgehead atoms.